The average molecular weight is 353 g/mol. The molecule has 0 amide bonds. The number of nitrogen functional groups attached to an aromatic ring is 1. The number of carbonyl (C=O) groups is 1. The molecule has 0 atom stereocenters. The van der Waals surface area contributed by atoms with Gasteiger partial charge >= 0.3 is 6.18 Å². The van der Waals surface area contributed by atoms with Crippen molar-refractivity contribution in [2.45, 2.75) is 6.18 Å². The first-order valence-corrected chi connectivity index (χ1v) is 7.81. The number of fused-ring (bicyclic) bond motifs is 1. The van der Waals surface area contributed by atoms with Crippen LogP contribution in [0.5, 0.6) is 0 Å². The van der Waals surface area contributed by atoms with Crippen LogP contribution in [0.25, 0.3) is 10.2 Å². The number of rotatable bonds is 2. The van der Waals surface area contributed by atoms with Crippen molar-refractivity contribution in [1.82, 2.24) is 4.98 Å². The Hall–Kier alpha value is -2.44. The number of hydrogen-bond acceptors (Lipinski definition) is 6. The number of nitrogens with two attached hydrogens (primary N) is 1. The first-order chi connectivity index (χ1) is 10.8. The SMILES string of the molecule is N#Cc1sc2nc(C(F)(F)F)c(C(=O)c3cccs3)cc2c1N. The van der Waals surface area contributed by atoms with Crippen molar-refractivity contribution in [1.29, 1.82) is 5.26 Å². The molecule has 0 saturated carbocycles. The lowest BCUT2D eigenvalue weighted by Crippen LogP contribution is -2.15. The van der Waals surface area contributed by atoms with Gasteiger partial charge in [-0.25, -0.2) is 4.98 Å². The largest absolute Gasteiger partial charge is 0.434 e. The number of ketones is 1. The maximum Gasteiger partial charge on any atom is 0.434 e. The van der Waals surface area contributed by atoms with E-state index in [1.807, 2.05) is 6.07 Å². The zero-order chi connectivity index (χ0) is 16.8. The lowest BCUT2D eigenvalue weighted by molar-refractivity contribution is -0.141. The maximum absolute atomic E-state index is 13.3. The van der Waals surface area contributed by atoms with E-state index in [-0.39, 0.29) is 25.7 Å². The van der Waals surface area contributed by atoms with E-state index < -0.39 is 23.2 Å². The molecule has 0 bridgehead atoms. The van der Waals surface area contributed by atoms with Crippen LogP contribution in [0.2, 0.25) is 0 Å². The second kappa shape index (κ2) is 5.33. The van der Waals surface area contributed by atoms with Crippen molar-refractivity contribution in [3.05, 3.63) is 44.6 Å². The topological polar surface area (TPSA) is 79.8 Å². The number of aromatic nitrogens is 1. The van der Waals surface area contributed by atoms with Crippen LogP contribution in [0.15, 0.2) is 23.6 Å². The monoisotopic (exact) mass is 353 g/mol. The highest BCUT2D eigenvalue weighted by Crippen LogP contribution is 2.38. The molecular weight excluding hydrogens is 347 g/mol. The third kappa shape index (κ3) is 2.56. The molecule has 3 rings (SSSR count). The number of alkyl halides is 3. The fourth-order valence-corrected chi connectivity index (χ4v) is 3.61. The van der Waals surface area contributed by atoms with Crippen molar-refractivity contribution in [3.63, 3.8) is 0 Å². The summed E-state index contributed by atoms with van der Waals surface area (Å²) in [6.45, 7) is 0. The molecule has 3 heterocycles. The molecule has 23 heavy (non-hydrogen) atoms. The summed E-state index contributed by atoms with van der Waals surface area (Å²) in [7, 11) is 0. The Morgan fingerprint density at radius 1 is 1.39 bits per heavy atom. The Kier molecular flexibility index (Phi) is 3.58. The summed E-state index contributed by atoms with van der Waals surface area (Å²) < 4.78 is 39.8. The van der Waals surface area contributed by atoms with Gasteiger partial charge in [0.2, 0.25) is 5.78 Å². The summed E-state index contributed by atoms with van der Waals surface area (Å²) in [6.07, 6.45) is -4.79. The van der Waals surface area contributed by atoms with E-state index in [1.54, 1.807) is 11.4 Å². The molecule has 0 aliphatic rings. The van der Waals surface area contributed by atoms with Gasteiger partial charge in [0.25, 0.3) is 0 Å². The second-order valence-electron chi connectivity index (χ2n) is 4.50. The highest BCUT2D eigenvalue weighted by Gasteiger charge is 2.38. The maximum atomic E-state index is 13.3. The molecule has 0 unspecified atom stereocenters. The van der Waals surface area contributed by atoms with Crippen LogP contribution in [0, 0.1) is 11.3 Å². The summed E-state index contributed by atoms with van der Waals surface area (Å²) >= 11 is 1.80. The number of nitrogens with zero attached hydrogens (tertiary/aromatic N) is 2. The lowest BCUT2D eigenvalue weighted by atomic mass is 10.1. The van der Waals surface area contributed by atoms with Crippen LogP contribution >= 0.6 is 22.7 Å². The predicted octanol–water partition coefficient (Wildman–Crippen LogP) is 4.06. The van der Waals surface area contributed by atoms with Crippen molar-refractivity contribution in [2.24, 2.45) is 0 Å². The fraction of sp³-hybridized carbons (Fsp3) is 0.0714. The number of pyridine rings is 1. The van der Waals surface area contributed by atoms with Gasteiger partial charge in [-0.1, -0.05) is 6.07 Å². The predicted molar refractivity (Wildman–Crippen MR) is 81.5 cm³/mol. The van der Waals surface area contributed by atoms with Gasteiger partial charge in [0.1, 0.15) is 15.8 Å². The molecule has 3 aromatic heterocycles. The number of halogens is 3. The van der Waals surface area contributed by atoms with Crippen LogP contribution in [0.1, 0.15) is 25.8 Å². The van der Waals surface area contributed by atoms with Gasteiger partial charge in [0, 0.05) is 5.39 Å². The van der Waals surface area contributed by atoms with Crippen molar-refractivity contribution in [2.75, 3.05) is 5.73 Å². The number of carbonyl (C=O) groups excluding carboxylic acids is 1. The van der Waals surface area contributed by atoms with Gasteiger partial charge in [-0.2, -0.15) is 18.4 Å². The third-order valence-corrected chi connectivity index (χ3v) is 4.97. The van der Waals surface area contributed by atoms with E-state index in [4.69, 9.17) is 11.0 Å². The second-order valence-corrected chi connectivity index (χ2v) is 6.44. The summed E-state index contributed by atoms with van der Waals surface area (Å²) in [6, 6.07) is 5.89. The van der Waals surface area contributed by atoms with Gasteiger partial charge < -0.3 is 5.73 Å². The normalized spacial score (nSPS) is 11.6. The Morgan fingerprint density at radius 3 is 2.70 bits per heavy atom. The molecule has 2 N–H and O–H groups in total. The molecule has 0 aliphatic carbocycles. The van der Waals surface area contributed by atoms with Crippen molar-refractivity contribution in [3.8, 4) is 6.07 Å². The van der Waals surface area contributed by atoms with Crippen LogP contribution in [-0.4, -0.2) is 10.8 Å². The minimum atomic E-state index is -4.79. The van der Waals surface area contributed by atoms with E-state index in [0.717, 1.165) is 28.7 Å². The zero-order valence-corrected chi connectivity index (χ0v) is 12.8. The Bertz CT molecular complexity index is 952. The van der Waals surface area contributed by atoms with E-state index in [2.05, 4.69) is 4.98 Å². The first-order valence-electron chi connectivity index (χ1n) is 6.11. The van der Waals surface area contributed by atoms with Crippen LogP contribution in [0.4, 0.5) is 18.9 Å². The molecule has 0 aliphatic heterocycles. The number of hydrogen-bond donors (Lipinski definition) is 1. The Balaban J connectivity index is 2.32. The first kappa shape index (κ1) is 15.5. The molecule has 4 nitrogen and oxygen atoms in total. The number of thiophene rings is 2. The molecule has 0 spiro atoms. The van der Waals surface area contributed by atoms with Gasteiger partial charge in [0.05, 0.1) is 16.1 Å². The van der Waals surface area contributed by atoms with E-state index in [1.165, 1.54) is 6.07 Å². The smallest absolute Gasteiger partial charge is 0.396 e. The van der Waals surface area contributed by atoms with E-state index >= 15 is 0 Å². The lowest BCUT2D eigenvalue weighted by Gasteiger charge is -2.11. The molecule has 0 aromatic carbocycles. The minimum Gasteiger partial charge on any atom is -0.396 e. The van der Waals surface area contributed by atoms with Gasteiger partial charge in [0.15, 0.2) is 5.69 Å². The number of nitriles is 1. The number of anilines is 1. The van der Waals surface area contributed by atoms with Gasteiger partial charge in [-0.3, -0.25) is 4.79 Å². The summed E-state index contributed by atoms with van der Waals surface area (Å²) in [5, 5.41) is 10.7. The Morgan fingerprint density at radius 2 is 2.13 bits per heavy atom. The summed E-state index contributed by atoms with van der Waals surface area (Å²) in [5.41, 5.74) is 3.95. The molecule has 9 heteroatoms. The quantitative estimate of drug-likeness (QED) is 0.705. The zero-order valence-electron chi connectivity index (χ0n) is 11.1. The molecule has 0 saturated heterocycles. The molecule has 116 valence electrons. The highest BCUT2D eigenvalue weighted by atomic mass is 32.1. The highest BCUT2D eigenvalue weighted by molar-refractivity contribution is 7.19. The van der Waals surface area contributed by atoms with Crippen LogP contribution in [-0.2, 0) is 6.18 Å². The molecule has 0 radical (unpaired) electrons. The van der Waals surface area contributed by atoms with Crippen LogP contribution in [0.3, 0.4) is 0 Å². The molecular formula is C14H6F3N3OS2. The Labute approximate surface area is 135 Å². The standard InChI is InChI=1S/C14H6F3N3OS2/c15-14(16,17)12-7(11(21)8-2-1-3-22-8)4-6-10(19)9(5-18)23-13(6)20-12/h1-4H,19H2. The molecule has 0 fully saturated rings. The van der Waals surface area contributed by atoms with Crippen LogP contribution < -0.4 is 5.73 Å². The molecule has 3 aromatic rings. The van der Waals surface area contributed by atoms with Gasteiger partial charge in [-0.05, 0) is 17.5 Å². The third-order valence-electron chi connectivity index (χ3n) is 3.08. The summed E-state index contributed by atoms with van der Waals surface area (Å²) in [4.78, 5) is 16.2. The van der Waals surface area contributed by atoms with E-state index in [0.29, 0.717) is 0 Å². The average Bonchev–Trinajstić information content (AvgIpc) is 3.13. The fourth-order valence-electron chi connectivity index (χ4n) is 2.05. The van der Waals surface area contributed by atoms with Crippen molar-refractivity contribution < 1.29 is 18.0 Å². The van der Waals surface area contributed by atoms with E-state index in [9.17, 15) is 18.0 Å². The van der Waals surface area contributed by atoms with Gasteiger partial charge in [-0.15, -0.1) is 22.7 Å². The summed E-state index contributed by atoms with van der Waals surface area (Å²) in [5.74, 6) is -0.772. The van der Waals surface area contributed by atoms with Crippen molar-refractivity contribution >= 4 is 44.4 Å². The minimum absolute atomic E-state index is 0.0193.